The molecule has 55 heavy (non-hydrogen) atoms. The van der Waals surface area contributed by atoms with Crippen LogP contribution in [0.1, 0.15) is 194 Å². The first-order valence-electron chi connectivity index (χ1n) is 22.1. The van der Waals surface area contributed by atoms with Crippen molar-refractivity contribution in [3.63, 3.8) is 0 Å². The van der Waals surface area contributed by atoms with Crippen LogP contribution in [-0.4, -0.2) is 104 Å². The van der Waals surface area contributed by atoms with Crippen molar-refractivity contribution < 1.29 is 42.1 Å². The van der Waals surface area contributed by atoms with Crippen LogP contribution in [0.2, 0.25) is 0 Å². The van der Waals surface area contributed by atoms with Gasteiger partial charge in [0.25, 0.3) is 0 Å². The first kappa shape index (κ1) is 56.6. The first-order valence-corrected chi connectivity index (χ1v) is 23.6. The summed E-state index contributed by atoms with van der Waals surface area (Å²) in [4.78, 5) is 35.3. The van der Waals surface area contributed by atoms with E-state index in [1.165, 1.54) is 89.9 Å². The van der Waals surface area contributed by atoms with Gasteiger partial charge in [-0.05, 0) is 64.2 Å². The van der Waals surface area contributed by atoms with Crippen LogP contribution >= 0.6 is 7.82 Å². The monoisotopic (exact) mass is 811 g/mol. The fourth-order valence-corrected chi connectivity index (χ4v) is 6.69. The number of hydrogen-bond donors (Lipinski definition) is 1. The van der Waals surface area contributed by atoms with E-state index in [-0.39, 0.29) is 61.6 Å². The molecule has 11 heteroatoms. The Kier molecular flexibility index (Phi) is 41.4. The van der Waals surface area contributed by atoms with Crippen molar-refractivity contribution in [3.8, 4) is 0 Å². The molecule has 0 aliphatic rings. The van der Waals surface area contributed by atoms with Crippen molar-refractivity contribution in [2.75, 3.05) is 47.5 Å². The number of ether oxygens (including phenoxy) is 2. The van der Waals surface area contributed by atoms with Gasteiger partial charge < -0.3 is 18.9 Å². The number of hydrogen-bond acceptors (Lipinski definition) is 7. The molecule has 0 rings (SSSR count). The molecule has 2 atom stereocenters. The molecule has 0 aliphatic carbocycles. The van der Waals surface area contributed by atoms with Crippen LogP contribution in [0, 0.1) is 0 Å². The average Bonchev–Trinajstić information content (AvgIpc) is 3.12. The number of carbonyl (C=O) groups is 2. The molecule has 1 N–H and O–H groups in total. The molecule has 320 valence electrons. The molecular formula is C44H86NNaO8P+. The van der Waals surface area contributed by atoms with Gasteiger partial charge in [-0.3, -0.25) is 18.6 Å². The Hall–Kier alpha value is -0.510. The maximum atomic E-state index is 12.7. The Labute approximate surface area is 361 Å². The Balaban J connectivity index is 0. The number of esters is 2. The van der Waals surface area contributed by atoms with E-state index in [1.54, 1.807) is 0 Å². The summed E-state index contributed by atoms with van der Waals surface area (Å²) in [6, 6.07) is 0. The van der Waals surface area contributed by atoms with Gasteiger partial charge in [0, 0.05) is 12.8 Å². The summed E-state index contributed by atoms with van der Waals surface area (Å²) in [7, 11) is 1.47. The van der Waals surface area contributed by atoms with Gasteiger partial charge in [-0.25, -0.2) is 4.57 Å². The summed E-state index contributed by atoms with van der Waals surface area (Å²) in [5.41, 5.74) is 0. The number of carbonyl (C=O) groups excluding carboxylic acids is 2. The summed E-state index contributed by atoms with van der Waals surface area (Å²) in [5, 5.41) is 0. The molecule has 0 heterocycles. The van der Waals surface area contributed by atoms with Gasteiger partial charge in [-0.15, -0.1) is 0 Å². The van der Waals surface area contributed by atoms with Crippen molar-refractivity contribution >= 4 is 49.3 Å². The van der Waals surface area contributed by atoms with Crippen LogP contribution in [0.15, 0.2) is 24.3 Å². The minimum atomic E-state index is -4.37. The Bertz CT molecular complexity index is 987. The molecule has 0 spiro atoms. The second-order valence-corrected chi connectivity index (χ2v) is 17.5. The number of allylic oxidation sites excluding steroid dienone is 4. The van der Waals surface area contributed by atoms with Gasteiger partial charge in [-0.1, -0.05) is 141 Å². The van der Waals surface area contributed by atoms with Crippen molar-refractivity contribution in [1.29, 1.82) is 0 Å². The van der Waals surface area contributed by atoms with Gasteiger partial charge in [0.05, 0.1) is 27.7 Å². The molecule has 0 aliphatic heterocycles. The van der Waals surface area contributed by atoms with Crippen molar-refractivity contribution in [2.24, 2.45) is 0 Å². The van der Waals surface area contributed by atoms with Gasteiger partial charge in [0.15, 0.2) is 6.10 Å². The maximum absolute atomic E-state index is 12.7. The first-order chi connectivity index (χ1) is 26.0. The fourth-order valence-electron chi connectivity index (χ4n) is 5.94. The topological polar surface area (TPSA) is 108 Å². The normalized spacial score (nSPS) is 13.6. The van der Waals surface area contributed by atoms with E-state index in [0.29, 0.717) is 17.4 Å². The Morgan fingerprint density at radius 1 is 0.564 bits per heavy atom. The number of nitrogens with zero attached hydrogens (tertiary/aromatic N) is 1. The third-order valence-electron chi connectivity index (χ3n) is 9.45. The van der Waals surface area contributed by atoms with E-state index in [1.807, 2.05) is 21.1 Å². The third-order valence-corrected chi connectivity index (χ3v) is 10.4. The minimum absolute atomic E-state index is 0. The number of quaternary nitrogens is 1. The van der Waals surface area contributed by atoms with Crippen LogP contribution in [0.4, 0.5) is 0 Å². The average molecular weight is 811 g/mol. The quantitative estimate of drug-likeness (QED) is 0.0163. The standard InChI is InChI=1S/C44H84NO8P.Na.H/c1-6-8-10-12-14-16-18-20-22-24-26-28-30-32-34-36-43(46)50-40-42(41-52-54(48,49)51-39-38-45(3,4)5)53-44(47)37-35-33-31-29-27-25-23-21-19-17-15-13-11-9-7-2;;/h20-23,42H,6-19,24-41H2,1-5H3;;/p+1/b22-20-,23-21-;;. The summed E-state index contributed by atoms with van der Waals surface area (Å²) < 4.78 is 34.3. The number of phosphoric ester groups is 1. The molecule has 9 nitrogen and oxygen atoms in total. The van der Waals surface area contributed by atoms with Crippen LogP contribution in [-0.2, 0) is 32.7 Å². The summed E-state index contributed by atoms with van der Waals surface area (Å²) in [6.07, 6.45) is 39.3. The van der Waals surface area contributed by atoms with E-state index >= 15 is 0 Å². The molecule has 2 unspecified atom stereocenters. The van der Waals surface area contributed by atoms with E-state index in [0.717, 1.165) is 70.6 Å². The fraction of sp³-hybridized carbons (Fsp3) is 0.864. The van der Waals surface area contributed by atoms with Gasteiger partial charge in [0.2, 0.25) is 0 Å². The van der Waals surface area contributed by atoms with E-state index in [9.17, 15) is 19.0 Å². The Morgan fingerprint density at radius 3 is 1.36 bits per heavy atom. The Morgan fingerprint density at radius 2 is 0.945 bits per heavy atom. The van der Waals surface area contributed by atoms with Crippen LogP contribution < -0.4 is 0 Å². The second kappa shape index (κ2) is 40.3. The number of phosphoric acid groups is 1. The third kappa shape index (κ3) is 44.4. The molecule has 0 saturated carbocycles. The molecule has 0 aromatic rings. The van der Waals surface area contributed by atoms with Crippen molar-refractivity contribution in [2.45, 2.75) is 200 Å². The number of unbranched alkanes of at least 4 members (excludes halogenated alkanes) is 22. The predicted octanol–water partition coefficient (Wildman–Crippen LogP) is 11.7. The molecule has 0 aromatic carbocycles. The molecule has 0 saturated heterocycles. The molecule has 0 radical (unpaired) electrons. The molecule has 0 amide bonds. The van der Waals surface area contributed by atoms with E-state index < -0.39 is 26.5 Å². The second-order valence-electron chi connectivity index (χ2n) is 16.1. The SMILES string of the molecule is CCCCCCCC/C=C\CCCCCCCC(=O)OCC(COP(=O)(O)OCC[N+](C)(C)C)OC(=O)CCCCCCC/C=C\CCCCCCCC.[NaH]. The summed E-state index contributed by atoms with van der Waals surface area (Å²) in [6.45, 7) is 4.40. The van der Waals surface area contributed by atoms with E-state index in [2.05, 4.69) is 38.2 Å². The summed E-state index contributed by atoms with van der Waals surface area (Å²) in [5.74, 6) is -0.814. The number of rotatable bonds is 40. The molecular weight excluding hydrogens is 724 g/mol. The van der Waals surface area contributed by atoms with Gasteiger partial charge in [0.1, 0.15) is 19.8 Å². The zero-order valence-corrected chi connectivity index (χ0v) is 36.6. The molecule has 0 aromatic heterocycles. The molecule has 0 fully saturated rings. The van der Waals surface area contributed by atoms with Gasteiger partial charge >= 0.3 is 49.3 Å². The zero-order chi connectivity index (χ0) is 40.0. The predicted molar refractivity (Wildman–Crippen MR) is 232 cm³/mol. The van der Waals surface area contributed by atoms with Gasteiger partial charge in [-0.2, -0.15) is 0 Å². The van der Waals surface area contributed by atoms with Crippen LogP contribution in [0.25, 0.3) is 0 Å². The van der Waals surface area contributed by atoms with Crippen LogP contribution in [0.3, 0.4) is 0 Å². The van der Waals surface area contributed by atoms with Crippen molar-refractivity contribution in [3.05, 3.63) is 24.3 Å². The summed E-state index contributed by atoms with van der Waals surface area (Å²) >= 11 is 0. The molecule has 0 bridgehead atoms. The van der Waals surface area contributed by atoms with Crippen molar-refractivity contribution in [1.82, 2.24) is 0 Å². The van der Waals surface area contributed by atoms with E-state index in [4.69, 9.17) is 18.5 Å². The number of likely N-dealkylation sites (N-methyl/N-ethyl adjacent to an activating group) is 1. The van der Waals surface area contributed by atoms with Crippen LogP contribution in [0.5, 0.6) is 0 Å². The zero-order valence-electron chi connectivity index (χ0n) is 35.7.